The molecule has 0 aliphatic rings. The molecule has 0 fully saturated rings. The van der Waals surface area contributed by atoms with Crippen LogP contribution in [0.25, 0.3) is 0 Å². The highest BCUT2D eigenvalue weighted by atomic mass is 16.5. The minimum atomic E-state index is -0.487. The van der Waals surface area contributed by atoms with Gasteiger partial charge in [-0.3, -0.25) is 0 Å². The molecule has 0 spiro atoms. The number of hydrogen-bond acceptors (Lipinski definition) is 7. The highest BCUT2D eigenvalue weighted by Gasteiger charge is 2.17. The van der Waals surface area contributed by atoms with Gasteiger partial charge in [0.05, 0.1) is 0 Å². The molecule has 0 N–H and O–H groups in total. The van der Waals surface area contributed by atoms with Gasteiger partial charge in [0.25, 0.3) is 0 Å². The van der Waals surface area contributed by atoms with Gasteiger partial charge >= 0.3 is 17.9 Å². The average molecular weight is 540 g/mol. The van der Waals surface area contributed by atoms with Gasteiger partial charge in [0.1, 0.15) is 18.3 Å². The van der Waals surface area contributed by atoms with Gasteiger partial charge in [0.15, 0.2) is 0 Å². The van der Waals surface area contributed by atoms with Crippen LogP contribution in [0, 0.1) is 0 Å². The standard InChI is InChI=1S/C33H33NO6/c1-7-31(35)38-22(4)25-10-16-28(17-11-25)34(29-18-12-26(13-19-29)23(5)39-32(36)8-2)30-20-14-27(15-21-30)24(6)40-33(37)9-3/h7-24H,1-3H2,4-6H3. The second-order valence-electron chi connectivity index (χ2n) is 8.96. The minimum absolute atomic E-state index is 0.439. The zero-order valence-corrected chi connectivity index (χ0v) is 22.9. The first-order valence-corrected chi connectivity index (χ1v) is 12.8. The Bertz CT molecular complexity index is 1190. The Balaban J connectivity index is 1.96. The average Bonchev–Trinajstić information content (AvgIpc) is 2.97. The second-order valence-corrected chi connectivity index (χ2v) is 8.96. The van der Waals surface area contributed by atoms with Crippen LogP contribution in [0.5, 0.6) is 0 Å². The van der Waals surface area contributed by atoms with Crippen molar-refractivity contribution in [2.45, 2.75) is 39.1 Å². The van der Waals surface area contributed by atoms with E-state index in [4.69, 9.17) is 14.2 Å². The van der Waals surface area contributed by atoms with E-state index >= 15 is 0 Å². The van der Waals surface area contributed by atoms with E-state index in [9.17, 15) is 14.4 Å². The van der Waals surface area contributed by atoms with Crippen molar-refractivity contribution in [3.63, 3.8) is 0 Å². The summed E-state index contributed by atoms with van der Waals surface area (Å²) in [5, 5.41) is 0. The van der Waals surface area contributed by atoms with Crippen molar-refractivity contribution < 1.29 is 28.6 Å². The molecule has 3 rings (SSSR count). The summed E-state index contributed by atoms with van der Waals surface area (Å²) in [6, 6.07) is 23.1. The van der Waals surface area contributed by atoms with Crippen molar-refractivity contribution in [2.24, 2.45) is 0 Å². The van der Waals surface area contributed by atoms with Gasteiger partial charge in [-0.15, -0.1) is 0 Å². The Morgan fingerprint density at radius 1 is 0.525 bits per heavy atom. The van der Waals surface area contributed by atoms with Crippen molar-refractivity contribution in [3.8, 4) is 0 Å². The molecular weight excluding hydrogens is 506 g/mol. The molecule has 3 aromatic carbocycles. The van der Waals surface area contributed by atoms with Gasteiger partial charge in [0.2, 0.25) is 0 Å². The Hall–Kier alpha value is -4.91. The number of carbonyl (C=O) groups is 3. The molecular formula is C33H33NO6. The third kappa shape index (κ3) is 7.57. The molecule has 7 nitrogen and oxygen atoms in total. The number of ether oxygens (including phenoxy) is 3. The maximum Gasteiger partial charge on any atom is 0.330 e. The summed E-state index contributed by atoms with van der Waals surface area (Å²) >= 11 is 0. The van der Waals surface area contributed by atoms with Crippen molar-refractivity contribution in [2.75, 3.05) is 4.90 Å². The van der Waals surface area contributed by atoms with E-state index in [2.05, 4.69) is 24.6 Å². The molecule has 3 aromatic rings. The van der Waals surface area contributed by atoms with Crippen LogP contribution in [-0.2, 0) is 28.6 Å². The van der Waals surface area contributed by atoms with Crippen molar-refractivity contribution >= 4 is 35.0 Å². The van der Waals surface area contributed by atoms with Crippen LogP contribution in [0.3, 0.4) is 0 Å². The third-order valence-electron chi connectivity index (χ3n) is 6.24. The predicted octanol–water partition coefficient (Wildman–Crippen LogP) is 7.53. The molecule has 0 aliphatic carbocycles. The van der Waals surface area contributed by atoms with Crippen LogP contribution in [-0.4, -0.2) is 17.9 Å². The fraction of sp³-hybridized carbons (Fsp3) is 0.182. The number of hydrogen-bond donors (Lipinski definition) is 0. The summed E-state index contributed by atoms with van der Waals surface area (Å²) in [6.07, 6.45) is 2.10. The number of rotatable bonds is 12. The van der Waals surface area contributed by atoms with Gasteiger partial charge in [-0.25, -0.2) is 14.4 Å². The Morgan fingerprint density at radius 3 is 0.950 bits per heavy atom. The molecule has 0 bridgehead atoms. The van der Waals surface area contributed by atoms with Crippen LogP contribution >= 0.6 is 0 Å². The topological polar surface area (TPSA) is 82.1 Å². The first-order valence-electron chi connectivity index (χ1n) is 12.8. The molecule has 3 unspecified atom stereocenters. The van der Waals surface area contributed by atoms with Gasteiger partial charge in [0, 0.05) is 35.3 Å². The molecule has 206 valence electrons. The van der Waals surface area contributed by atoms with Crippen LogP contribution in [0.15, 0.2) is 111 Å². The first-order chi connectivity index (χ1) is 19.2. The van der Waals surface area contributed by atoms with E-state index in [1.165, 1.54) is 0 Å². The van der Waals surface area contributed by atoms with Gasteiger partial charge in [-0.2, -0.15) is 0 Å². The number of carbonyl (C=O) groups excluding carboxylic acids is 3. The lowest BCUT2D eigenvalue weighted by Gasteiger charge is -2.27. The van der Waals surface area contributed by atoms with E-state index in [1.807, 2.05) is 72.8 Å². The summed E-state index contributed by atoms with van der Waals surface area (Å²) in [7, 11) is 0. The van der Waals surface area contributed by atoms with E-state index in [1.54, 1.807) is 20.8 Å². The summed E-state index contributed by atoms with van der Waals surface area (Å²) in [5.41, 5.74) is 5.09. The molecule has 0 aromatic heterocycles. The molecule has 0 amide bonds. The predicted molar refractivity (Wildman–Crippen MR) is 155 cm³/mol. The fourth-order valence-corrected chi connectivity index (χ4v) is 4.00. The van der Waals surface area contributed by atoms with Gasteiger partial charge in [-0.1, -0.05) is 56.1 Å². The molecule has 0 radical (unpaired) electrons. The number of anilines is 3. The second kappa shape index (κ2) is 13.8. The van der Waals surface area contributed by atoms with Gasteiger partial charge < -0.3 is 19.1 Å². The largest absolute Gasteiger partial charge is 0.455 e. The molecule has 0 aliphatic heterocycles. The van der Waals surface area contributed by atoms with E-state index in [0.29, 0.717) is 0 Å². The quantitative estimate of drug-likeness (QED) is 0.134. The van der Waals surface area contributed by atoms with Gasteiger partial charge in [-0.05, 0) is 73.9 Å². The Morgan fingerprint density at radius 2 is 0.750 bits per heavy atom. The maximum absolute atomic E-state index is 11.6. The molecule has 0 heterocycles. The highest BCUT2D eigenvalue weighted by molar-refractivity contribution is 5.82. The number of nitrogens with zero attached hydrogens (tertiary/aromatic N) is 1. The lowest BCUT2D eigenvalue weighted by molar-refractivity contribution is -0.143. The number of benzene rings is 3. The van der Waals surface area contributed by atoms with E-state index in [0.717, 1.165) is 52.0 Å². The van der Waals surface area contributed by atoms with Crippen molar-refractivity contribution in [1.82, 2.24) is 0 Å². The lowest BCUT2D eigenvalue weighted by Crippen LogP contribution is -2.12. The van der Waals surface area contributed by atoms with Crippen molar-refractivity contribution in [1.29, 1.82) is 0 Å². The van der Waals surface area contributed by atoms with Crippen LogP contribution < -0.4 is 4.90 Å². The summed E-state index contributed by atoms with van der Waals surface area (Å²) < 4.78 is 16.0. The fourth-order valence-electron chi connectivity index (χ4n) is 4.00. The van der Waals surface area contributed by atoms with Crippen LogP contribution in [0.1, 0.15) is 55.8 Å². The molecule has 7 heteroatoms. The molecule has 40 heavy (non-hydrogen) atoms. The van der Waals surface area contributed by atoms with Crippen LogP contribution in [0.2, 0.25) is 0 Å². The monoisotopic (exact) mass is 539 g/mol. The maximum atomic E-state index is 11.6. The zero-order chi connectivity index (χ0) is 29.2. The SMILES string of the molecule is C=CC(=O)OC(C)c1ccc(N(c2ccc(C(C)OC(=O)C=C)cc2)c2ccc(C(C)OC(=O)C=C)cc2)cc1. The van der Waals surface area contributed by atoms with Crippen molar-refractivity contribution in [3.05, 3.63) is 127 Å². The molecule has 3 atom stereocenters. The van der Waals surface area contributed by atoms with E-state index in [-0.39, 0.29) is 0 Å². The molecule has 0 saturated heterocycles. The first kappa shape index (κ1) is 29.6. The summed E-state index contributed by atoms with van der Waals surface area (Å²) in [5.74, 6) is -1.46. The normalized spacial score (nSPS) is 12.7. The summed E-state index contributed by atoms with van der Waals surface area (Å²) in [6.45, 7) is 15.7. The third-order valence-corrected chi connectivity index (χ3v) is 6.24. The highest BCUT2D eigenvalue weighted by Crippen LogP contribution is 2.36. The smallest absolute Gasteiger partial charge is 0.330 e. The zero-order valence-electron chi connectivity index (χ0n) is 22.9. The molecule has 0 saturated carbocycles. The Kier molecular flexibility index (Phi) is 10.2. The minimum Gasteiger partial charge on any atom is -0.455 e. The Labute approximate surface area is 235 Å². The van der Waals surface area contributed by atoms with E-state index < -0.39 is 36.2 Å². The summed E-state index contributed by atoms with van der Waals surface area (Å²) in [4.78, 5) is 36.9. The van der Waals surface area contributed by atoms with Crippen LogP contribution in [0.4, 0.5) is 17.1 Å². The lowest BCUT2D eigenvalue weighted by atomic mass is 10.1. The number of esters is 3.